The molecule has 0 bridgehead atoms. The highest BCUT2D eigenvalue weighted by molar-refractivity contribution is 4.38. The highest BCUT2D eigenvalue weighted by atomic mass is 35.5. The molecule has 0 heterocycles. The Morgan fingerprint density at radius 2 is 1.42 bits per heavy atom. The molecule has 0 aromatic carbocycles. The van der Waals surface area contributed by atoms with Gasteiger partial charge in [0.25, 0.3) is 0 Å². The summed E-state index contributed by atoms with van der Waals surface area (Å²) in [6.07, 6.45) is 5.43. The third-order valence-electron chi connectivity index (χ3n) is 2.20. The Morgan fingerprint density at radius 3 is 1.83 bits per heavy atom. The molecule has 0 aliphatic rings. The van der Waals surface area contributed by atoms with Crippen LogP contribution < -0.4 is 12.4 Å². The van der Waals surface area contributed by atoms with Crippen molar-refractivity contribution in [3.8, 4) is 0 Å². The number of nitrogens with zero attached hydrogens (tertiary/aromatic N) is 1. The molecule has 0 rings (SSSR count). The number of quaternary nitrogens is 1. The molecule has 0 aromatic rings. The fourth-order valence-corrected chi connectivity index (χ4v) is 1.51. The SMILES string of the molecule is CCCCC[N+](C)(C)CCC.[Cl-]. The molecule has 0 atom stereocenters. The van der Waals surface area contributed by atoms with Crippen LogP contribution in [0.4, 0.5) is 0 Å². The first-order chi connectivity index (χ1) is 5.12. The predicted octanol–water partition coefficient (Wildman–Crippen LogP) is -0.333. The van der Waals surface area contributed by atoms with E-state index in [4.69, 9.17) is 0 Å². The first-order valence-electron chi connectivity index (χ1n) is 4.94. The molecule has 76 valence electrons. The second-order valence-electron chi connectivity index (χ2n) is 4.09. The number of rotatable bonds is 6. The number of halogens is 1. The lowest BCUT2D eigenvalue weighted by Gasteiger charge is -2.29. The van der Waals surface area contributed by atoms with Gasteiger partial charge in [-0.1, -0.05) is 20.3 Å². The molecule has 0 unspecified atom stereocenters. The Labute approximate surface area is 84.1 Å². The van der Waals surface area contributed by atoms with Crippen molar-refractivity contribution < 1.29 is 16.9 Å². The maximum Gasteiger partial charge on any atom is 0.0782 e. The second-order valence-corrected chi connectivity index (χ2v) is 4.09. The summed E-state index contributed by atoms with van der Waals surface area (Å²) in [5.74, 6) is 0. The molecule has 2 heteroatoms. The van der Waals surface area contributed by atoms with Crippen molar-refractivity contribution in [2.45, 2.75) is 39.5 Å². The van der Waals surface area contributed by atoms with Gasteiger partial charge in [0, 0.05) is 0 Å². The first kappa shape index (κ1) is 14.8. The van der Waals surface area contributed by atoms with Crippen LogP contribution in [-0.4, -0.2) is 31.7 Å². The second kappa shape index (κ2) is 7.88. The third kappa shape index (κ3) is 8.35. The Kier molecular flexibility index (Phi) is 9.69. The number of hydrogen-bond acceptors (Lipinski definition) is 0. The Morgan fingerprint density at radius 1 is 0.833 bits per heavy atom. The highest BCUT2D eigenvalue weighted by Crippen LogP contribution is 2.04. The van der Waals surface area contributed by atoms with E-state index in [1.54, 1.807) is 0 Å². The molecule has 0 saturated carbocycles. The highest BCUT2D eigenvalue weighted by Gasteiger charge is 2.11. The van der Waals surface area contributed by atoms with Gasteiger partial charge in [0.2, 0.25) is 0 Å². The normalized spacial score (nSPS) is 11.0. The monoisotopic (exact) mass is 193 g/mol. The minimum atomic E-state index is 0. The van der Waals surface area contributed by atoms with Crippen molar-refractivity contribution >= 4 is 0 Å². The molecular formula is C10H24ClN. The van der Waals surface area contributed by atoms with Crippen molar-refractivity contribution in [2.75, 3.05) is 27.2 Å². The van der Waals surface area contributed by atoms with E-state index in [1.807, 2.05) is 0 Å². The Bertz CT molecular complexity index is 91.8. The quantitative estimate of drug-likeness (QED) is 0.401. The minimum absolute atomic E-state index is 0. The van der Waals surface area contributed by atoms with Gasteiger partial charge in [0.15, 0.2) is 0 Å². The third-order valence-corrected chi connectivity index (χ3v) is 2.20. The van der Waals surface area contributed by atoms with Crippen molar-refractivity contribution in [2.24, 2.45) is 0 Å². The Balaban J connectivity index is 0. The zero-order valence-electron chi connectivity index (χ0n) is 9.07. The molecule has 1 nitrogen and oxygen atoms in total. The van der Waals surface area contributed by atoms with E-state index >= 15 is 0 Å². The topological polar surface area (TPSA) is 0 Å². The maximum absolute atomic E-state index is 2.33. The van der Waals surface area contributed by atoms with Gasteiger partial charge in [-0.05, 0) is 19.3 Å². The van der Waals surface area contributed by atoms with Gasteiger partial charge >= 0.3 is 0 Å². The fourth-order valence-electron chi connectivity index (χ4n) is 1.51. The summed E-state index contributed by atoms with van der Waals surface area (Å²) in [5, 5.41) is 0. The average Bonchev–Trinajstić information content (AvgIpc) is 1.87. The van der Waals surface area contributed by atoms with Crippen molar-refractivity contribution in [1.29, 1.82) is 0 Å². The summed E-state index contributed by atoms with van der Waals surface area (Å²) in [6.45, 7) is 7.20. The molecule has 0 aliphatic heterocycles. The van der Waals surface area contributed by atoms with Gasteiger partial charge in [0.1, 0.15) is 0 Å². The van der Waals surface area contributed by atoms with Gasteiger partial charge in [0.05, 0.1) is 27.2 Å². The van der Waals surface area contributed by atoms with Crippen LogP contribution in [0.3, 0.4) is 0 Å². The smallest absolute Gasteiger partial charge is 0.0782 e. The molecule has 0 aliphatic carbocycles. The van der Waals surface area contributed by atoms with Gasteiger partial charge < -0.3 is 16.9 Å². The maximum atomic E-state index is 2.33. The average molecular weight is 194 g/mol. The lowest BCUT2D eigenvalue weighted by atomic mass is 10.2. The van der Waals surface area contributed by atoms with Crippen molar-refractivity contribution in [3.05, 3.63) is 0 Å². The summed E-state index contributed by atoms with van der Waals surface area (Å²) in [5.41, 5.74) is 0. The molecule has 0 saturated heterocycles. The van der Waals surface area contributed by atoms with Crippen LogP contribution in [0, 0.1) is 0 Å². The molecule has 0 amide bonds. The summed E-state index contributed by atoms with van der Waals surface area (Å²) in [6, 6.07) is 0. The van der Waals surface area contributed by atoms with Crippen molar-refractivity contribution in [1.82, 2.24) is 0 Å². The number of unbranched alkanes of at least 4 members (excludes halogenated alkanes) is 2. The molecular weight excluding hydrogens is 170 g/mol. The minimum Gasteiger partial charge on any atom is -1.00 e. The van der Waals surface area contributed by atoms with Crippen LogP contribution in [0.25, 0.3) is 0 Å². The van der Waals surface area contributed by atoms with Crippen LogP contribution in [0.15, 0.2) is 0 Å². The van der Waals surface area contributed by atoms with Crippen LogP contribution in [0.2, 0.25) is 0 Å². The molecule has 0 fully saturated rings. The van der Waals surface area contributed by atoms with E-state index in [9.17, 15) is 0 Å². The first-order valence-corrected chi connectivity index (χ1v) is 4.94. The largest absolute Gasteiger partial charge is 1.00 e. The van der Waals surface area contributed by atoms with E-state index < -0.39 is 0 Å². The lowest BCUT2D eigenvalue weighted by molar-refractivity contribution is -0.890. The molecule has 0 spiro atoms. The number of hydrogen-bond donors (Lipinski definition) is 0. The van der Waals surface area contributed by atoms with Gasteiger partial charge in [-0.15, -0.1) is 0 Å². The van der Waals surface area contributed by atoms with Crippen molar-refractivity contribution in [3.63, 3.8) is 0 Å². The lowest BCUT2D eigenvalue weighted by Crippen LogP contribution is -3.00. The summed E-state index contributed by atoms with van der Waals surface area (Å²) < 4.78 is 1.20. The molecule has 0 aromatic heterocycles. The zero-order valence-corrected chi connectivity index (χ0v) is 9.82. The molecule has 12 heavy (non-hydrogen) atoms. The van der Waals surface area contributed by atoms with E-state index in [1.165, 1.54) is 43.3 Å². The van der Waals surface area contributed by atoms with Crippen LogP contribution >= 0.6 is 0 Å². The van der Waals surface area contributed by atoms with Crippen LogP contribution in [-0.2, 0) is 0 Å². The Hall–Kier alpha value is 0.250. The van der Waals surface area contributed by atoms with Gasteiger partial charge in [-0.2, -0.15) is 0 Å². The van der Waals surface area contributed by atoms with Crippen LogP contribution in [0.5, 0.6) is 0 Å². The van der Waals surface area contributed by atoms with Gasteiger partial charge in [-0.25, -0.2) is 0 Å². The summed E-state index contributed by atoms with van der Waals surface area (Å²) >= 11 is 0. The fraction of sp³-hybridized carbons (Fsp3) is 1.00. The van der Waals surface area contributed by atoms with Crippen LogP contribution in [0.1, 0.15) is 39.5 Å². The van der Waals surface area contributed by atoms with E-state index in [2.05, 4.69) is 27.9 Å². The zero-order chi connectivity index (χ0) is 8.74. The standard InChI is InChI=1S/C10H24N.ClH/c1-5-7-8-10-11(3,4)9-6-2;/h5-10H2,1-4H3;1H/q+1;/p-1. The van der Waals surface area contributed by atoms with E-state index in [0.717, 1.165) is 0 Å². The predicted molar refractivity (Wildman–Crippen MR) is 51.7 cm³/mol. The van der Waals surface area contributed by atoms with E-state index in [0.29, 0.717) is 0 Å². The molecule has 0 N–H and O–H groups in total. The summed E-state index contributed by atoms with van der Waals surface area (Å²) in [7, 11) is 4.66. The summed E-state index contributed by atoms with van der Waals surface area (Å²) in [4.78, 5) is 0. The molecule has 0 radical (unpaired) electrons. The van der Waals surface area contributed by atoms with E-state index in [-0.39, 0.29) is 12.4 Å². The van der Waals surface area contributed by atoms with Gasteiger partial charge in [-0.3, -0.25) is 0 Å².